The molecule has 0 bridgehead atoms. The number of hydrogen-bond acceptors (Lipinski definition) is 3. The SMILES string of the molecule is OCCc1sc(-c2ccc3ccccc3c2)nc1Br. The molecule has 2 nitrogen and oxygen atoms in total. The Hall–Kier alpha value is -1.23. The average Bonchev–Trinajstić information content (AvgIpc) is 2.80. The Balaban J connectivity index is 2.06. The number of nitrogens with zero attached hydrogens (tertiary/aromatic N) is 1. The second-order valence-corrected chi connectivity index (χ2v) is 6.10. The molecule has 0 fully saturated rings. The molecule has 0 amide bonds. The number of aliphatic hydroxyl groups is 1. The van der Waals surface area contributed by atoms with Crippen molar-refractivity contribution in [2.45, 2.75) is 6.42 Å². The molecule has 3 rings (SSSR count). The number of rotatable bonds is 3. The van der Waals surface area contributed by atoms with Crippen LogP contribution in [0.25, 0.3) is 21.3 Å². The van der Waals surface area contributed by atoms with Crippen molar-refractivity contribution in [2.24, 2.45) is 0 Å². The molecule has 0 spiro atoms. The molecule has 2 aromatic carbocycles. The Morgan fingerprint density at radius 3 is 2.68 bits per heavy atom. The summed E-state index contributed by atoms with van der Waals surface area (Å²) < 4.78 is 0.842. The van der Waals surface area contributed by atoms with E-state index in [2.05, 4.69) is 51.2 Å². The van der Waals surface area contributed by atoms with Crippen LogP contribution in [0.1, 0.15) is 4.88 Å². The Morgan fingerprint density at radius 2 is 1.89 bits per heavy atom. The van der Waals surface area contributed by atoms with Gasteiger partial charge in [-0.3, -0.25) is 0 Å². The number of aromatic nitrogens is 1. The number of thiazole rings is 1. The van der Waals surface area contributed by atoms with Crippen molar-refractivity contribution in [1.29, 1.82) is 0 Å². The van der Waals surface area contributed by atoms with Gasteiger partial charge in [-0.2, -0.15) is 0 Å². The lowest BCUT2D eigenvalue weighted by atomic mass is 10.1. The van der Waals surface area contributed by atoms with Gasteiger partial charge in [-0.15, -0.1) is 11.3 Å². The molecule has 1 aromatic heterocycles. The summed E-state index contributed by atoms with van der Waals surface area (Å²) in [5, 5.41) is 12.5. The summed E-state index contributed by atoms with van der Waals surface area (Å²) in [7, 11) is 0. The number of hydrogen-bond donors (Lipinski definition) is 1. The maximum Gasteiger partial charge on any atom is 0.124 e. The van der Waals surface area contributed by atoms with E-state index in [-0.39, 0.29) is 6.61 Å². The second-order valence-electron chi connectivity index (χ2n) is 4.27. The Morgan fingerprint density at radius 1 is 1.11 bits per heavy atom. The topological polar surface area (TPSA) is 33.1 Å². The zero-order chi connectivity index (χ0) is 13.2. The molecule has 0 atom stereocenters. The van der Waals surface area contributed by atoms with Crippen molar-refractivity contribution >= 4 is 38.0 Å². The molecule has 1 heterocycles. The van der Waals surface area contributed by atoms with Gasteiger partial charge in [-0.1, -0.05) is 36.4 Å². The number of halogens is 1. The maximum atomic E-state index is 9.02. The molecule has 0 unspecified atom stereocenters. The maximum absolute atomic E-state index is 9.02. The van der Waals surface area contributed by atoms with Crippen LogP contribution in [0.4, 0.5) is 0 Å². The monoisotopic (exact) mass is 333 g/mol. The third kappa shape index (κ3) is 2.56. The first-order valence-electron chi connectivity index (χ1n) is 6.03. The van der Waals surface area contributed by atoms with E-state index in [4.69, 9.17) is 5.11 Å². The number of fused-ring (bicyclic) bond motifs is 1. The fourth-order valence-electron chi connectivity index (χ4n) is 2.03. The van der Waals surface area contributed by atoms with Crippen LogP contribution in [0.5, 0.6) is 0 Å². The van der Waals surface area contributed by atoms with Gasteiger partial charge in [0, 0.05) is 23.5 Å². The molecular formula is C15H12BrNOS. The van der Waals surface area contributed by atoms with E-state index < -0.39 is 0 Å². The highest BCUT2D eigenvalue weighted by molar-refractivity contribution is 9.10. The molecule has 0 aliphatic heterocycles. The Kier molecular flexibility index (Phi) is 3.64. The minimum Gasteiger partial charge on any atom is -0.396 e. The minimum absolute atomic E-state index is 0.151. The van der Waals surface area contributed by atoms with Crippen molar-refractivity contribution < 1.29 is 5.11 Å². The summed E-state index contributed by atoms with van der Waals surface area (Å²) in [6, 6.07) is 14.7. The van der Waals surface area contributed by atoms with E-state index in [1.165, 1.54) is 10.8 Å². The number of benzene rings is 2. The summed E-state index contributed by atoms with van der Waals surface area (Å²) in [5.74, 6) is 0. The molecule has 0 saturated carbocycles. The van der Waals surface area contributed by atoms with Crippen LogP contribution in [0, 0.1) is 0 Å². The summed E-state index contributed by atoms with van der Waals surface area (Å²) in [6.07, 6.45) is 0.645. The molecule has 1 N–H and O–H groups in total. The quantitative estimate of drug-likeness (QED) is 0.776. The molecule has 0 aliphatic rings. The van der Waals surface area contributed by atoms with Gasteiger partial charge in [0.15, 0.2) is 0 Å². The fraction of sp³-hybridized carbons (Fsp3) is 0.133. The van der Waals surface area contributed by atoms with Crippen LogP contribution in [-0.2, 0) is 6.42 Å². The average molecular weight is 334 g/mol. The first kappa shape index (κ1) is 12.8. The zero-order valence-corrected chi connectivity index (χ0v) is 12.5. The molecule has 3 aromatic rings. The van der Waals surface area contributed by atoms with Crippen LogP contribution in [0.3, 0.4) is 0 Å². The predicted octanol–water partition coefficient (Wildman–Crippen LogP) is 4.26. The van der Waals surface area contributed by atoms with Crippen LogP contribution >= 0.6 is 27.3 Å². The fourth-order valence-corrected chi connectivity index (χ4v) is 3.71. The molecule has 96 valence electrons. The van der Waals surface area contributed by atoms with E-state index in [1.54, 1.807) is 11.3 Å². The van der Waals surface area contributed by atoms with Gasteiger partial charge in [-0.25, -0.2) is 4.98 Å². The van der Waals surface area contributed by atoms with Gasteiger partial charge in [0.25, 0.3) is 0 Å². The molecule has 0 aliphatic carbocycles. The van der Waals surface area contributed by atoms with Crippen molar-refractivity contribution in [3.63, 3.8) is 0 Å². The summed E-state index contributed by atoms with van der Waals surface area (Å²) in [4.78, 5) is 5.62. The molecule has 0 saturated heterocycles. The van der Waals surface area contributed by atoms with Gasteiger partial charge >= 0.3 is 0 Å². The third-order valence-electron chi connectivity index (χ3n) is 2.98. The first-order valence-corrected chi connectivity index (χ1v) is 7.64. The van der Waals surface area contributed by atoms with Crippen LogP contribution in [0.2, 0.25) is 0 Å². The van der Waals surface area contributed by atoms with Gasteiger partial charge in [0.05, 0.1) is 0 Å². The smallest absolute Gasteiger partial charge is 0.124 e. The molecule has 19 heavy (non-hydrogen) atoms. The lowest BCUT2D eigenvalue weighted by molar-refractivity contribution is 0.300. The Bertz CT molecular complexity index is 723. The van der Waals surface area contributed by atoms with Crippen molar-refractivity contribution in [3.05, 3.63) is 51.9 Å². The van der Waals surface area contributed by atoms with E-state index in [0.29, 0.717) is 6.42 Å². The highest BCUT2D eigenvalue weighted by atomic mass is 79.9. The normalized spacial score (nSPS) is 11.1. The molecule has 4 heteroatoms. The van der Waals surface area contributed by atoms with Crippen LogP contribution < -0.4 is 0 Å². The van der Waals surface area contributed by atoms with E-state index in [0.717, 1.165) is 20.1 Å². The van der Waals surface area contributed by atoms with E-state index >= 15 is 0 Å². The lowest BCUT2D eigenvalue weighted by Gasteiger charge is -2.00. The van der Waals surface area contributed by atoms with E-state index in [9.17, 15) is 0 Å². The number of aliphatic hydroxyl groups excluding tert-OH is 1. The van der Waals surface area contributed by atoms with E-state index in [1.807, 2.05) is 12.1 Å². The van der Waals surface area contributed by atoms with Gasteiger partial charge in [0.1, 0.15) is 9.61 Å². The molecular weight excluding hydrogens is 322 g/mol. The minimum atomic E-state index is 0.151. The highest BCUT2D eigenvalue weighted by Crippen LogP contribution is 2.32. The summed E-state index contributed by atoms with van der Waals surface area (Å²) >= 11 is 5.08. The van der Waals surface area contributed by atoms with Gasteiger partial charge in [0.2, 0.25) is 0 Å². The summed E-state index contributed by atoms with van der Waals surface area (Å²) in [6.45, 7) is 0.151. The van der Waals surface area contributed by atoms with Crippen LogP contribution in [0.15, 0.2) is 47.1 Å². The van der Waals surface area contributed by atoms with Crippen molar-refractivity contribution in [3.8, 4) is 10.6 Å². The van der Waals surface area contributed by atoms with Gasteiger partial charge < -0.3 is 5.11 Å². The second kappa shape index (κ2) is 5.41. The van der Waals surface area contributed by atoms with Crippen LogP contribution in [-0.4, -0.2) is 16.7 Å². The van der Waals surface area contributed by atoms with Crippen molar-refractivity contribution in [2.75, 3.05) is 6.61 Å². The lowest BCUT2D eigenvalue weighted by Crippen LogP contribution is -1.86. The first-order chi connectivity index (χ1) is 9.28. The van der Waals surface area contributed by atoms with Gasteiger partial charge in [-0.05, 0) is 32.8 Å². The largest absolute Gasteiger partial charge is 0.396 e. The summed E-state index contributed by atoms with van der Waals surface area (Å²) in [5.41, 5.74) is 1.12. The standard InChI is InChI=1S/C15H12BrNOS/c16-14-13(7-8-18)19-15(17-14)12-6-5-10-3-1-2-4-11(10)9-12/h1-6,9,18H,7-8H2. The predicted molar refractivity (Wildman–Crippen MR) is 83.5 cm³/mol. The third-order valence-corrected chi connectivity index (χ3v) is 5.07. The zero-order valence-electron chi connectivity index (χ0n) is 10.1. The Labute approximate surface area is 123 Å². The van der Waals surface area contributed by atoms with Crippen molar-refractivity contribution in [1.82, 2.24) is 4.98 Å². The highest BCUT2D eigenvalue weighted by Gasteiger charge is 2.10. The molecule has 0 radical (unpaired) electrons.